The molecule has 0 aromatic heterocycles. The average molecular weight is 333 g/mol. The second-order valence-electron chi connectivity index (χ2n) is 5.49. The molecule has 3 aromatic carbocycles. The molecular formula is C21H19NO3. The number of rotatable bonds is 6. The Morgan fingerprint density at radius 3 is 2.00 bits per heavy atom. The van der Waals surface area contributed by atoms with Gasteiger partial charge < -0.3 is 9.47 Å². The highest BCUT2D eigenvalue weighted by Crippen LogP contribution is 2.15. The summed E-state index contributed by atoms with van der Waals surface area (Å²) < 4.78 is 10.9. The largest absolute Gasteiger partial charge is 0.489 e. The van der Waals surface area contributed by atoms with Crippen LogP contribution in [0.2, 0.25) is 0 Å². The molecule has 0 radical (unpaired) electrons. The van der Waals surface area contributed by atoms with Crippen LogP contribution in [0, 0.1) is 0 Å². The van der Waals surface area contributed by atoms with Crippen LogP contribution in [0.15, 0.2) is 84.9 Å². The van der Waals surface area contributed by atoms with Crippen LogP contribution < -0.4 is 10.1 Å². The minimum atomic E-state index is -0.476. The van der Waals surface area contributed by atoms with Crippen molar-refractivity contribution in [2.24, 2.45) is 0 Å². The second kappa shape index (κ2) is 8.55. The first kappa shape index (κ1) is 16.6. The fourth-order valence-electron chi connectivity index (χ4n) is 2.25. The first-order valence-electron chi connectivity index (χ1n) is 8.04. The summed E-state index contributed by atoms with van der Waals surface area (Å²) in [7, 11) is 0. The number of ether oxygens (including phenoxy) is 2. The molecule has 0 spiro atoms. The molecular weight excluding hydrogens is 314 g/mol. The van der Waals surface area contributed by atoms with Gasteiger partial charge in [-0.15, -0.1) is 0 Å². The van der Waals surface area contributed by atoms with Crippen LogP contribution in [0.5, 0.6) is 5.75 Å². The molecule has 3 rings (SSSR count). The molecule has 1 amide bonds. The van der Waals surface area contributed by atoms with Crippen LogP contribution in [0.3, 0.4) is 0 Å². The molecule has 0 fully saturated rings. The van der Waals surface area contributed by atoms with Crippen molar-refractivity contribution in [2.45, 2.75) is 13.2 Å². The monoisotopic (exact) mass is 333 g/mol. The zero-order chi connectivity index (χ0) is 17.3. The zero-order valence-electron chi connectivity index (χ0n) is 13.7. The molecule has 0 unspecified atom stereocenters. The summed E-state index contributed by atoms with van der Waals surface area (Å²) >= 11 is 0. The van der Waals surface area contributed by atoms with E-state index in [2.05, 4.69) is 5.32 Å². The molecule has 0 aliphatic rings. The van der Waals surface area contributed by atoms with Crippen LogP contribution in [-0.4, -0.2) is 6.09 Å². The number of nitrogens with one attached hydrogen (secondary N) is 1. The highest BCUT2D eigenvalue weighted by Gasteiger charge is 2.04. The van der Waals surface area contributed by atoms with E-state index in [1.165, 1.54) is 0 Å². The van der Waals surface area contributed by atoms with Gasteiger partial charge in [0.2, 0.25) is 0 Å². The number of anilines is 1. The summed E-state index contributed by atoms with van der Waals surface area (Å²) in [5.41, 5.74) is 2.72. The van der Waals surface area contributed by atoms with E-state index in [0.717, 1.165) is 16.9 Å². The predicted octanol–water partition coefficient (Wildman–Crippen LogP) is 5.01. The molecule has 0 saturated heterocycles. The maximum Gasteiger partial charge on any atom is 0.411 e. The van der Waals surface area contributed by atoms with Crippen LogP contribution in [0.1, 0.15) is 11.1 Å². The fraction of sp³-hybridized carbons (Fsp3) is 0.0952. The van der Waals surface area contributed by atoms with Gasteiger partial charge in [-0.3, -0.25) is 5.32 Å². The van der Waals surface area contributed by atoms with Gasteiger partial charge in [-0.25, -0.2) is 4.79 Å². The van der Waals surface area contributed by atoms with E-state index >= 15 is 0 Å². The Balaban J connectivity index is 1.45. The predicted molar refractivity (Wildman–Crippen MR) is 97.5 cm³/mol. The van der Waals surface area contributed by atoms with Crippen molar-refractivity contribution in [1.29, 1.82) is 0 Å². The van der Waals surface area contributed by atoms with Gasteiger partial charge in [-0.1, -0.05) is 60.7 Å². The third kappa shape index (κ3) is 5.39. The van der Waals surface area contributed by atoms with E-state index in [1.54, 1.807) is 12.1 Å². The van der Waals surface area contributed by atoms with Gasteiger partial charge in [-0.05, 0) is 35.4 Å². The first-order chi connectivity index (χ1) is 12.3. The Bertz CT molecular complexity index is 786. The van der Waals surface area contributed by atoms with Crippen LogP contribution in [0.25, 0.3) is 0 Å². The van der Waals surface area contributed by atoms with Crippen molar-refractivity contribution in [3.8, 4) is 5.75 Å². The molecule has 0 atom stereocenters. The number of carbonyl (C=O) groups excluding carboxylic acids is 1. The molecule has 0 heterocycles. The first-order valence-corrected chi connectivity index (χ1v) is 8.04. The molecule has 25 heavy (non-hydrogen) atoms. The van der Waals surface area contributed by atoms with Crippen molar-refractivity contribution in [1.82, 2.24) is 0 Å². The van der Waals surface area contributed by atoms with Gasteiger partial charge in [0.15, 0.2) is 0 Å². The van der Waals surface area contributed by atoms with E-state index in [-0.39, 0.29) is 6.61 Å². The third-order valence-corrected chi connectivity index (χ3v) is 3.56. The lowest BCUT2D eigenvalue weighted by molar-refractivity contribution is 0.155. The number of carbonyl (C=O) groups is 1. The number of benzene rings is 3. The Morgan fingerprint density at radius 2 is 1.32 bits per heavy atom. The topological polar surface area (TPSA) is 47.6 Å². The lowest BCUT2D eigenvalue weighted by atomic mass is 10.2. The van der Waals surface area contributed by atoms with E-state index in [4.69, 9.17) is 9.47 Å². The van der Waals surface area contributed by atoms with E-state index in [0.29, 0.717) is 12.3 Å². The van der Waals surface area contributed by atoms with Crippen LogP contribution >= 0.6 is 0 Å². The summed E-state index contributed by atoms with van der Waals surface area (Å²) in [5.74, 6) is 0.779. The quantitative estimate of drug-likeness (QED) is 0.689. The Hall–Kier alpha value is -3.27. The summed E-state index contributed by atoms with van der Waals surface area (Å²) in [5, 5.41) is 2.68. The van der Waals surface area contributed by atoms with E-state index in [1.807, 2.05) is 72.8 Å². The zero-order valence-corrected chi connectivity index (χ0v) is 13.7. The number of hydrogen-bond donors (Lipinski definition) is 1. The van der Waals surface area contributed by atoms with Gasteiger partial charge >= 0.3 is 6.09 Å². The maximum absolute atomic E-state index is 11.8. The summed E-state index contributed by atoms with van der Waals surface area (Å²) in [6.07, 6.45) is -0.476. The number of hydrogen-bond acceptors (Lipinski definition) is 3. The van der Waals surface area contributed by atoms with Gasteiger partial charge in [0, 0.05) is 5.69 Å². The normalized spacial score (nSPS) is 10.1. The molecule has 3 aromatic rings. The van der Waals surface area contributed by atoms with Crippen molar-refractivity contribution in [3.05, 3.63) is 96.1 Å². The molecule has 4 heteroatoms. The third-order valence-electron chi connectivity index (χ3n) is 3.56. The summed E-state index contributed by atoms with van der Waals surface area (Å²) in [4.78, 5) is 11.8. The van der Waals surface area contributed by atoms with E-state index in [9.17, 15) is 4.79 Å². The summed E-state index contributed by atoms with van der Waals surface area (Å²) in [6.45, 7) is 0.730. The molecule has 0 bridgehead atoms. The fourth-order valence-corrected chi connectivity index (χ4v) is 2.25. The van der Waals surface area contributed by atoms with Gasteiger partial charge in [0.05, 0.1) is 0 Å². The molecule has 4 nitrogen and oxygen atoms in total. The van der Waals surface area contributed by atoms with Gasteiger partial charge in [0.1, 0.15) is 19.0 Å². The van der Waals surface area contributed by atoms with Crippen molar-refractivity contribution in [2.75, 3.05) is 5.32 Å². The highest BCUT2D eigenvalue weighted by molar-refractivity contribution is 5.84. The smallest absolute Gasteiger partial charge is 0.411 e. The molecule has 0 saturated carbocycles. The van der Waals surface area contributed by atoms with E-state index < -0.39 is 6.09 Å². The van der Waals surface area contributed by atoms with Gasteiger partial charge in [0.25, 0.3) is 0 Å². The van der Waals surface area contributed by atoms with Crippen LogP contribution in [-0.2, 0) is 18.0 Å². The van der Waals surface area contributed by atoms with Crippen molar-refractivity contribution in [3.63, 3.8) is 0 Å². The Morgan fingerprint density at radius 1 is 0.720 bits per heavy atom. The van der Waals surface area contributed by atoms with Crippen molar-refractivity contribution < 1.29 is 14.3 Å². The number of para-hydroxylation sites is 1. The second-order valence-corrected chi connectivity index (χ2v) is 5.49. The molecule has 1 N–H and O–H groups in total. The molecule has 0 aliphatic carbocycles. The Labute approximate surface area is 147 Å². The van der Waals surface area contributed by atoms with Gasteiger partial charge in [-0.2, -0.15) is 0 Å². The maximum atomic E-state index is 11.8. The average Bonchev–Trinajstić information content (AvgIpc) is 2.67. The minimum absolute atomic E-state index is 0.206. The minimum Gasteiger partial charge on any atom is -0.489 e. The SMILES string of the molecule is O=C(Nc1ccccc1)OCc1ccc(OCc2ccccc2)cc1. The Kier molecular flexibility index (Phi) is 5.67. The highest BCUT2D eigenvalue weighted by atomic mass is 16.5. The lowest BCUT2D eigenvalue weighted by Gasteiger charge is -2.09. The standard InChI is InChI=1S/C21H19NO3/c23-21(22-19-9-5-2-6-10-19)25-16-18-11-13-20(14-12-18)24-15-17-7-3-1-4-8-17/h1-14H,15-16H2,(H,22,23). The lowest BCUT2D eigenvalue weighted by Crippen LogP contribution is -2.13. The van der Waals surface area contributed by atoms with Crippen LogP contribution in [0.4, 0.5) is 10.5 Å². The van der Waals surface area contributed by atoms with Crippen molar-refractivity contribution >= 4 is 11.8 Å². The molecule has 0 aliphatic heterocycles. The molecule has 126 valence electrons. The number of amides is 1. The summed E-state index contributed by atoms with van der Waals surface area (Å²) in [6, 6.07) is 26.7.